The third kappa shape index (κ3) is 3.00. The fourth-order valence-electron chi connectivity index (χ4n) is 2.45. The number of amides is 1. The maximum atomic E-state index is 13.8. The van der Waals surface area contributed by atoms with Crippen LogP contribution in [0.2, 0.25) is 0 Å². The van der Waals surface area contributed by atoms with Crippen LogP contribution in [0, 0.1) is 11.7 Å². The van der Waals surface area contributed by atoms with Gasteiger partial charge in [-0.1, -0.05) is 6.07 Å². The minimum Gasteiger partial charge on any atom is -0.496 e. The van der Waals surface area contributed by atoms with Crippen LogP contribution in [0.5, 0.6) is 5.75 Å². The van der Waals surface area contributed by atoms with E-state index in [1.807, 2.05) is 0 Å². The summed E-state index contributed by atoms with van der Waals surface area (Å²) in [5, 5.41) is 0. The molecule has 3 nitrogen and oxygen atoms in total. The second kappa shape index (κ2) is 6.24. The van der Waals surface area contributed by atoms with Crippen LogP contribution in [0.15, 0.2) is 18.2 Å². The molecule has 0 radical (unpaired) electrons. The SMILES string of the molecule is COc1cccc(F)c1C(=O)N1CCC(CCCl)C1. The molecule has 1 atom stereocenters. The summed E-state index contributed by atoms with van der Waals surface area (Å²) < 4.78 is 18.9. The van der Waals surface area contributed by atoms with Gasteiger partial charge < -0.3 is 9.64 Å². The van der Waals surface area contributed by atoms with E-state index in [1.165, 1.54) is 19.2 Å². The number of methoxy groups -OCH3 is 1. The van der Waals surface area contributed by atoms with E-state index in [4.69, 9.17) is 16.3 Å². The van der Waals surface area contributed by atoms with Gasteiger partial charge in [0.2, 0.25) is 0 Å². The van der Waals surface area contributed by atoms with Crippen LogP contribution < -0.4 is 4.74 Å². The highest BCUT2D eigenvalue weighted by Gasteiger charge is 2.29. The van der Waals surface area contributed by atoms with E-state index in [0.717, 1.165) is 12.8 Å². The standard InChI is InChI=1S/C14H17ClFNO2/c1-19-12-4-2-3-11(16)13(12)14(18)17-8-6-10(9-17)5-7-15/h2-4,10H,5-9H2,1H3. The van der Waals surface area contributed by atoms with Crippen molar-refractivity contribution in [2.45, 2.75) is 12.8 Å². The summed E-state index contributed by atoms with van der Waals surface area (Å²) >= 11 is 5.72. The molecule has 1 unspecified atom stereocenters. The average Bonchev–Trinajstić information content (AvgIpc) is 2.86. The maximum absolute atomic E-state index is 13.8. The Morgan fingerprint density at radius 3 is 3.05 bits per heavy atom. The number of carbonyl (C=O) groups excluding carboxylic acids is 1. The van der Waals surface area contributed by atoms with Crippen LogP contribution in [0.25, 0.3) is 0 Å². The zero-order valence-corrected chi connectivity index (χ0v) is 11.6. The first kappa shape index (κ1) is 14.1. The summed E-state index contributed by atoms with van der Waals surface area (Å²) in [6.07, 6.45) is 1.81. The Morgan fingerprint density at radius 2 is 2.37 bits per heavy atom. The lowest BCUT2D eigenvalue weighted by Crippen LogP contribution is -2.29. The van der Waals surface area contributed by atoms with E-state index in [9.17, 15) is 9.18 Å². The molecule has 2 rings (SSSR count). The normalized spacial score (nSPS) is 18.7. The van der Waals surface area contributed by atoms with Gasteiger partial charge in [0, 0.05) is 19.0 Å². The van der Waals surface area contributed by atoms with Crippen LogP contribution in [0.1, 0.15) is 23.2 Å². The first-order chi connectivity index (χ1) is 9.17. The van der Waals surface area contributed by atoms with Gasteiger partial charge in [0.1, 0.15) is 17.1 Å². The Labute approximate surface area is 117 Å². The topological polar surface area (TPSA) is 29.5 Å². The summed E-state index contributed by atoms with van der Waals surface area (Å²) in [7, 11) is 1.44. The Bertz CT molecular complexity index is 467. The largest absolute Gasteiger partial charge is 0.496 e. The molecule has 0 N–H and O–H groups in total. The zero-order valence-electron chi connectivity index (χ0n) is 10.9. The van der Waals surface area contributed by atoms with Crippen LogP contribution >= 0.6 is 11.6 Å². The lowest BCUT2D eigenvalue weighted by Gasteiger charge is -2.18. The highest BCUT2D eigenvalue weighted by atomic mass is 35.5. The van der Waals surface area contributed by atoms with Crippen molar-refractivity contribution in [1.82, 2.24) is 4.90 Å². The fourth-order valence-corrected chi connectivity index (χ4v) is 2.76. The van der Waals surface area contributed by atoms with Crippen molar-refractivity contribution < 1.29 is 13.9 Å². The number of likely N-dealkylation sites (tertiary alicyclic amines) is 1. The minimum atomic E-state index is -0.537. The van der Waals surface area contributed by atoms with E-state index in [0.29, 0.717) is 24.9 Å². The van der Waals surface area contributed by atoms with Crippen LogP contribution in [0.4, 0.5) is 4.39 Å². The summed E-state index contributed by atoms with van der Waals surface area (Å²) in [5.74, 6) is 0.456. The second-order valence-electron chi connectivity index (χ2n) is 4.70. The molecular weight excluding hydrogens is 269 g/mol. The van der Waals surface area contributed by atoms with Crippen LogP contribution in [0.3, 0.4) is 0 Å². The van der Waals surface area contributed by atoms with Gasteiger partial charge in [-0.05, 0) is 30.9 Å². The van der Waals surface area contributed by atoms with Crippen molar-refractivity contribution >= 4 is 17.5 Å². The number of carbonyl (C=O) groups is 1. The highest BCUT2D eigenvalue weighted by Crippen LogP contribution is 2.27. The smallest absolute Gasteiger partial charge is 0.260 e. The number of rotatable bonds is 4. The number of hydrogen-bond acceptors (Lipinski definition) is 2. The Morgan fingerprint density at radius 1 is 1.58 bits per heavy atom. The third-order valence-corrected chi connectivity index (χ3v) is 3.72. The molecular formula is C14H17ClFNO2. The molecule has 19 heavy (non-hydrogen) atoms. The molecule has 1 aliphatic heterocycles. The third-order valence-electron chi connectivity index (χ3n) is 3.50. The van der Waals surface area contributed by atoms with Crippen molar-refractivity contribution in [3.05, 3.63) is 29.6 Å². The monoisotopic (exact) mass is 285 g/mol. The Balaban J connectivity index is 2.17. The number of nitrogens with zero attached hydrogens (tertiary/aromatic N) is 1. The molecule has 1 amide bonds. The summed E-state index contributed by atoms with van der Waals surface area (Å²) in [5.41, 5.74) is 0.0246. The second-order valence-corrected chi connectivity index (χ2v) is 5.08. The predicted octanol–water partition coefficient (Wildman–Crippen LogP) is 2.93. The fraction of sp³-hybridized carbons (Fsp3) is 0.500. The number of ether oxygens (including phenoxy) is 1. The van der Waals surface area contributed by atoms with Gasteiger partial charge in [-0.3, -0.25) is 4.79 Å². The zero-order chi connectivity index (χ0) is 13.8. The molecule has 104 valence electrons. The molecule has 5 heteroatoms. The van der Waals surface area contributed by atoms with E-state index >= 15 is 0 Å². The van der Waals surface area contributed by atoms with Gasteiger partial charge in [-0.2, -0.15) is 0 Å². The Kier molecular flexibility index (Phi) is 4.64. The van der Waals surface area contributed by atoms with Crippen molar-refractivity contribution in [3.63, 3.8) is 0 Å². The molecule has 0 aliphatic carbocycles. The van der Waals surface area contributed by atoms with Gasteiger partial charge in [0.25, 0.3) is 5.91 Å². The predicted molar refractivity (Wildman–Crippen MR) is 72.3 cm³/mol. The van der Waals surface area contributed by atoms with E-state index < -0.39 is 5.82 Å². The molecule has 1 fully saturated rings. The molecule has 0 aromatic heterocycles. The summed E-state index contributed by atoms with van der Waals surface area (Å²) in [6, 6.07) is 4.41. The summed E-state index contributed by atoms with van der Waals surface area (Å²) in [6.45, 7) is 1.29. The van der Waals surface area contributed by atoms with E-state index in [2.05, 4.69) is 0 Å². The number of benzene rings is 1. The van der Waals surface area contributed by atoms with Gasteiger partial charge in [-0.25, -0.2) is 4.39 Å². The first-order valence-corrected chi connectivity index (χ1v) is 6.88. The lowest BCUT2D eigenvalue weighted by atomic mass is 10.1. The van der Waals surface area contributed by atoms with E-state index in [1.54, 1.807) is 11.0 Å². The van der Waals surface area contributed by atoms with Crippen molar-refractivity contribution in [1.29, 1.82) is 0 Å². The first-order valence-electron chi connectivity index (χ1n) is 6.35. The molecule has 0 spiro atoms. The quantitative estimate of drug-likeness (QED) is 0.796. The molecule has 0 bridgehead atoms. The maximum Gasteiger partial charge on any atom is 0.260 e. The van der Waals surface area contributed by atoms with Gasteiger partial charge in [0.05, 0.1) is 7.11 Å². The lowest BCUT2D eigenvalue weighted by molar-refractivity contribution is 0.0778. The van der Waals surface area contributed by atoms with Gasteiger partial charge >= 0.3 is 0 Å². The number of hydrogen-bond donors (Lipinski definition) is 0. The van der Waals surface area contributed by atoms with E-state index in [-0.39, 0.29) is 17.2 Å². The van der Waals surface area contributed by atoms with Crippen LogP contribution in [-0.4, -0.2) is 36.9 Å². The number of halogens is 2. The number of alkyl halides is 1. The molecule has 1 aromatic rings. The highest BCUT2D eigenvalue weighted by molar-refractivity contribution is 6.17. The average molecular weight is 286 g/mol. The molecule has 0 saturated carbocycles. The molecule has 1 aromatic carbocycles. The van der Waals surface area contributed by atoms with Gasteiger partial charge in [0.15, 0.2) is 0 Å². The minimum absolute atomic E-state index is 0.0246. The summed E-state index contributed by atoms with van der Waals surface area (Å²) in [4.78, 5) is 14.0. The van der Waals surface area contributed by atoms with Crippen molar-refractivity contribution in [3.8, 4) is 5.75 Å². The van der Waals surface area contributed by atoms with Crippen LogP contribution in [-0.2, 0) is 0 Å². The Hall–Kier alpha value is -1.29. The molecule has 1 saturated heterocycles. The van der Waals surface area contributed by atoms with Crippen molar-refractivity contribution in [2.75, 3.05) is 26.1 Å². The van der Waals surface area contributed by atoms with Crippen molar-refractivity contribution in [2.24, 2.45) is 5.92 Å². The van der Waals surface area contributed by atoms with Gasteiger partial charge in [-0.15, -0.1) is 11.6 Å². The molecule has 1 heterocycles. The molecule has 1 aliphatic rings.